The topological polar surface area (TPSA) is 113 Å². The van der Waals surface area contributed by atoms with Crippen LogP contribution in [0.3, 0.4) is 0 Å². The Balaban J connectivity index is 1.45. The van der Waals surface area contributed by atoms with Crippen LogP contribution in [0.1, 0.15) is 32.3 Å². The third-order valence-corrected chi connectivity index (χ3v) is 9.25. The molecule has 1 saturated heterocycles. The van der Waals surface area contributed by atoms with E-state index in [-0.39, 0.29) is 17.5 Å². The maximum Gasteiger partial charge on any atom is 0.529 e. The summed E-state index contributed by atoms with van der Waals surface area (Å²) in [7, 11) is -4.11. The summed E-state index contributed by atoms with van der Waals surface area (Å²) in [5.74, 6) is 0. The lowest BCUT2D eigenvalue weighted by molar-refractivity contribution is -0.741. The Bertz CT molecular complexity index is 1350. The summed E-state index contributed by atoms with van der Waals surface area (Å²) < 4.78 is 25.7. The number of aryl methyl sites for hydroxylation is 1. The second kappa shape index (κ2) is 10.1. The minimum Gasteiger partial charge on any atom is -0.435 e. The molecule has 0 bridgehead atoms. The molecule has 1 aliphatic heterocycles. The molecule has 3 N–H and O–H groups in total. The van der Waals surface area contributed by atoms with Gasteiger partial charge in [-0.05, 0) is 66.4 Å². The van der Waals surface area contributed by atoms with Crippen molar-refractivity contribution >= 4 is 33.5 Å². The summed E-state index contributed by atoms with van der Waals surface area (Å²) in [5.41, 5.74) is 4.10. The smallest absolute Gasteiger partial charge is 0.435 e. The van der Waals surface area contributed by atoms with Crippen molar-refractivity contribution in [2.75, 3.05) is 17.2 Å². The molecule has 1 aliphatic rings. The van der Waals surface area contributed by atoms with Crippen molar-refractivity contribution in [3.63, 3.8) is 0 Å². The molecule has 3 aromatic carbocycles. The summed E-state index contributed by atoms with van der Waals surface area (Å²) in [6, 6.07) is 20.2. The number of nitrogens with one attached hydrogen (secondary N) is 2. The Morgan fingerprint density at radius 3 is 1.83 bits per heavy atom. The molecular weight excluding hydrogens is 478 g/mol. The SMILES string of the molecule is CCc1ccc(NC(=O)Nc2ccc(-c3ccc(S(=O)(=O)[N+]4(C(=O)O)CCC[C@H]4C)cc3)cc2)cc1. The first-order valence-electron chi connectivity index (χ1n) is 11.9. The third kappa shape index (κ3) is 4.72. The summed E-state index contributed by atoms with van der Waals surface area (Å²) in [6.45, 7) is 3.80. The number of carbonyl (C=O) groups is 2. The number of quaternary nitrogens is 1. The summed E-state index contributed by atoms with van der Waals surface area (Å²) in [6.07, 6.45) is 0.689. The molecule has 9 heteroatoms. The van der Waals surface area contributed by atoms with E-state index >= 15 is 0 Å². The Hall–Kier alpha value is -3.69. The van der Waals surface area contributed by atoms with E-state index in [1.807, 2.05) is 36.4 Å². The Kier molecular flexibility index (Phi) is 7.14. The number of rotatable bonds is 6. The fraction of sp³-hybridized carbons (Fsp3) is 0.259. The first-order valence-corrected chi connectivity index (χ1v) is 13.4. The van der Waals surface area contributed by atoms with Crippen LogP contribution in [0.5, 0.6) is 0 Å². The predicted molar refractivity (Wildman–Crippen MR) is 139 cm³/mol. The molecule has 0 spiro atoms. The molecule has 1 unspecified atom stereocenters. The summed E-state index contributed by atoms with van der Waals surface area (Å²) in [4.78, 5) is 24.3. The zero-order valence-electron chi connectivity index (χ0n) is 20.3. The van der Waals surface area contributed by atoms with Crippen molar-refractivity contribution in [1.82, 2.24) is 0 Å². The van der Waals surface area contributed by atoms with Crippen LogP contribution in [0.25, 0.3) is 11.1 Å². The highest BCUT2D eigenvalue weighted by Gasteiger charge is 2.57. The number of carboxylic acid groups (broad SMARTS) is 1. The van der Waals surface area contributed by atoms with Crippen molar-refractivity contribution in [3.8, 4) is 11.1 Å². The van der Waals surface area contributed by atoms with Crippen LogP contribution >= 0.6 is 0 Å². The van der Waals surface area contributed by atoms with Crippen LogP contribution in [-0.2, 0) is 16.4 Å². The van der Waals surface area contributed by atoms with E-state index in [0.717, 1.165) is 17.5 Å². The average molecular weight is 509 g/mol. The van der Waals surface area contributed by atoms with Crippen molar-refractivity contribution in [2.45, 2.75) is 44.0 Å². The lowest BCUT2D eigenvalue weighted by Crippen LogP contribution is -2.58. The number of hydrogen-bond donors (Lipinski definition) is 3. The van der Waals surface area contributed by atoms with E-state index < -0.39 is 26.0 Å². The van der Waals surface area contributed by atoms with Crippen LogP contribution < -0.4 is 10.6 Å². The highest BCUT2D eigenvalue weighted by Crippen LogP contribution is 2.36. The van der Waals surface area contributed by atoms with Crippen LogP contribution in [0.2, 0.25) is 0 Å². The van der Waals surface area contributed by atoms with Gasteiger partial charge in [0.05, 0.1) is 0 Å². The number of carbonyl (C=O) groups excluding carboxylic acids is 1. The summed E-state index contributed by atoms with van der Waals surface area (Å²) >= 11 is 0. The fourth-order valence-electron chi connectivity index (χ4n) is 4.67. The molecule has 1 fully saturated rings. The fourth-order valence-corrected chi connectivity index (χ4v) is 6.68. The van der Waals surface area contributed by atoms with Gasteiger partial charge in [0.25, 0.3) is 0 Å². The quantitative estimate of drug-likeness (QED) is 0.358. The normalized spacial score (nSPS) is 19.6. The van der Waals surface area contributed by atoms with Crippen LogP contribution in [0, 0.1) is 0 Å². The summed E-state index contributed by atoms with van der Waals surface area (Å²) in [5, 5.41) is 15.4. The highest BCUT2D eigenvalue weighted by atomic mass is 32.2. The molecule has 0 saturated carbocycles. The number of anilines is 2. The van der Waals surface area contributed by atoms with Crippen molar-refractivity contribution in [3.05, 3.63) is 78.4 Å². The molecule has 3 amide bonds. The van der Waals surface area contributed by atoms with E-state index in [0.29, 0.717) is 24.2 Å². The molecule has 0 aliphatic carbocycles. The predicted octanol–water partition coefficient (Wildman–Crippen LogP) is 5.93. The van der Waals surface area contributed by atoms with Crippen molar-refractivity contribution in [1.29, 1.82) is 0 Å². The largest absolute Gasteiger partial charge is 0.529 e. The maximum absolute atomic E-state index is 13.3. The molecular formula is C27H30N3O5S+. The van der Waals surface area contributed by atoms with Crippen LogP contribution in [-0.4, -0.2) is 42.1 Å². The first kappa shape index (κ1) is 25.4. The van der Waals surface area contributed by atoms with Gasteiger partial charge in [-0.3, -0.25) is 0 Å². The Morgan fingerprint density at radius 1 is 0.889 bits per heavy atom. The van der Waals surface area contributed by atoms with E-state index in [1.165, 1.54) is 17.7 Å². The Labute approximate surface area is 211 Å². The number of amides is 3. The molecule has 8 nitrogen and oxygen atoms in total. The lowest BCUT2D eigenvalue weighted by Gasteiger charge is -2.30. The third-order valence-electron chi connectivity index (χ3n) is 6.83. The zero-order valence-corrected chi connectivity index (χ0v) is 21.1. The van der Waals surface area contributed by atoms with Gasteiger partial charge < -0.3 is 15.7 Å². The second-order valence-electron chi connectivity index (χ2n) is 9.00. The van der Waals surface area contributed by atoms with Crippen LogP contribution in [0.4, 0.5) is 21.0 Å². The second-order valence-corrected chi connectivity index (χ2v) is 11.1. The average Bonchev–Trinajstić information content (AvgIpc) is 3.28. The molecule has 3 aromatic rings. The minimum absolute atomic E-state index is 0.00988. The van der Waals surface area contributed by atoms with Crippen molar-refractivity contribution in [2.24, 2.45) is 0 Å². The van der Waals surface area contributed by atoms with E-state index in [9.17, 15) is 23.1 Å². The first-order chi connectivity index (χ1) is 17.2. The van der Waals surface area contributed by atoms with Gasteiger partial charge in [0, 0.05) is 24.2 Å². The number of sulfonamides is 1. The number of benzene rings is 3. The molecule has 1 heterocycles. The molecule has 188 valence electrons. The van der Waals surface area contributed by atoms with Crippen molar-refractivity contribution < 1.29 is 27.0 Å². The van der Waals surface area contributed by atoms with Gasteiger partial charge >= 0.3 is 22.1 Å². The van der Waals surface area contributed by atoms with Gasteiger partial charge in [0.2, 0.25) is 0 Å². The zero-order chi connectivity index (χ0) is 25.9. The number of hydrogen-bond acceptors (Lipinski definition) is 4. The molecule has 0 radical (unpaired) electrons. The van der Waals surface area contributed by atoms with Gasteiger partial charge in [-0.1, -0.05) is 43.3 Å². The molecule has 36 heavy (non-hydrogen) atoms. The highest BCUT2D eigenvalue weighted by molar-refractivity contribution is 7.86. The number of urea groups is 1. The van der Waals surface area contributed by atoms with E-state index in [1.54, 1.807) is 31.2 Å². The minimum atomic E-state index is -4.11. The maximum atomic E-state index is 13.3. The standard InChI is InChI=1S/C27H29N3O5S/c1-3-20-6-12-23(13-7-20)28-26(31)29-24-14-8-21(9-15-24)22-10-16-25(17-11-22)36(34,35)30(27(32)33)18-4-5-19(30)2/h6-17,19H,3-5,18H2,1-2H3,(H2-,28,29,31,32,33)/p+1/t19-,30?/m1/s1. The van der Waals surface area contributed by atoms with Gasteiger partial charge in [0.15, 0.2) is 0 Å². The number of likely N-dealkylation sites (tertiary alicyclic amines) is 1. The molecule has 4 rings (SSSR count). The van der Waals surface area contributed by atoms with Gasteiger partial charge in [-0.2, -0.15) is 13.2 Å². The Morgan fingerprint density at radius 2 is 1.39 bits per heavy atom. The van der Waals surface area contributed by atoms with E-state index in [2.05, 4.69) is 17.6 Å². The van der Waals surface area contributed by atoms with Gasteiger partial charge in [-0.25, -0.2) is 4.79 Å². The lowest BCUT2D eigenvalue weighted by atomic mass is 10.1. The van der Waals surface area contributed by atoms with Crippen LogP contribution in [0.15, 0.2) is 77.7 Å². The van der Waals surface area contributed by atoms with Gasteiger partial charge in [-0.15, -0.1) is 3.89 Å². The van der Waals surface area contributed by atoms with Gasteiger partial charge in [0.1, 0.15) is 17.5 Å². The number of nitrogens with zero attached hydrogens (tertiary/aromatic N) is 1. The van der Waals surface area contributed by atoms with E-state index in [4.69, 9.17) is 0 Å². The molecule has 2 atom stereocenters. The molecule has 0 aromatic heterocycles. The monoisotopic (exact) mass is 508 g/mol.